The molecule has 10 nitrogen and oxygen atoms in total. The molecule has 7 N–H and O–H groups in total. The van der Waals surface area contributed by atoms with Crippen LogP contribution in [0.1, 0.15) is 46.1 Å². The highest BCUT2D eigenvalue weighted by Crippen LogP contribution is 2.18. The number of H-pyrrole nitrogens is 1. The van der Waals surface area contributed by atoms with Crippen molar-refractivity contribution < 1.29 is 24.3 Å². The van der Waals surface area contributed by atoms with Crippen molar-refractivity contribution in [2.45, 2.75) is 65.1 Å². The van der Waals surface area contributed by atoms with Gasteiger partial charge in [-0.25, -0.2) is 4.79 Å². The summed E-state index contributed by atoms with van der Waals surface area (Å²) in [5.74, 6) is -2.92. The maximum absolute atomic E-state index is 12.8. The normalized spacial score (nSPS) is 14.7. The van der Waals surface area contributed by atoms with Crippen LogP contribution in [0, 0.1) is 11.8 Å². The number of carboxylic acid groups (broad SMARTS) is 1. The monoisotopic (exact) mass is 487 g/mol. The van der Waals surface area contributed by atoms with E-state index in [1.807, 2.05) is 51.2 Å². The summed E-state index contributed by atoms with van der Waals surface area (Å²) in [4.78, 5) is 52.5. The standard InChI is InChI=1S/C25H37N5O5/c1-5-15(4)22(24(33)29-20(25(34)35)10-14(2)3)30-21(31)13-28-23(32)18(26)11-16-12-27-19-9-7-6-8-17(16)19/h6-9,12,14-15,18,20,22,27H,5,10-11,13,26H2,1-4H3,(H,28,32)(H,29,33)(H,30,31)(H,34,35). The first kappa shape index (κ1) is 27.8. The summed E-state index contributed by atoms with van der Waals surface area (Å²) in [6.07, 6.45) is 2.96. The minimum Gasteiger partial charge on any atom is -0.480 e. The van der Waals surface area contributed by atoms with Gasteiger partial charge < -0.3 is 31.8 Å². The van der Waals surface area contributed by atoms with Gasteiger partial charge in [0.05, 0.1) is 12.6 Å². The number of benzene rings is 1. The number of carbonyl (C=O) groups is 4. The minimum absolute atomic E-state index is 0.0664. The van der Waals surface area contributed by atoms with E-state index in [0.717, 1.165) is 16.5 Å². The zero-order chi connectivity index (χ0) is 26.1. The van der Waals surface area contributed by atoms with Crippen LogP contribution in [0.5, 0.6) is 0 Å². The molecule has 0 radical (unpaired) electrons. The van der Waals surface area contributed by atoms with Gasteiger partial charge in [0.2, 0.25) is 17.7 Å². The van der Waals surface area contributed by atoms with Crippen molar-refractivity contribution in [3.63, 3.8) is 0 Å². The molecule has 3 amide bonds. The number of aliphatic carboxylic acids is 1. The first-order valence-electron chi connectivity index (χ1n) is 11.9. The molecule has 0 aliphatic carbocycles. The number of hydrogen-bond acceptors (Lipinski definition) is 5. The van der Waals surface area contributed by atoms with Gasteiger partial charge in [0.1, 0.15) is 12.1 Å². The number of para-hydroxylation sites is 1. The van der Waals surface area contributed by atoms with Crippen LogP contribution in [0.15, 0.2) is 30.5 Å². The zero-order valence-corrected chi connectivity index (χ0v) is 20.8. The lowest BCUT2D eigenvalue weighted by molar-refractivity contribution is -0.143. The second-order valence-corrected chi connectivity index (χ2v) is 9.35. The fraction of sp³-hybridized carbons (Fsp3) is 0.520. The summed E-state index contributed by atoms with van der Waals surface area (Å²) in [6, 6.07) is 4.85. The van der Waals surface area contributed by atoms with E-state index in [4.69, 9.17) is 5.73 Å². The molecule has 2 aromatic rings. The second kappa shape index (κ2) is 12.9. The van der Waals surface area contributed by atoms with Crippen molar-refractivity contribution in [2.75, 3.05) is 6.54 Å². The maximum atomic E-state index is 12.8. The minimum atomic E-state index is -1.13. The number of aromatic amines is 1. The van der Waals surface area contributed by atoms with E-state index in [2.05, 4.69) is 20.9 Å². The highest BCUT2D eigenvalue weighted by molar-refractivity contribution is 5.93. The van der Waals surface area contributed by atoms with Gasteiger partial charge in [0, 0.05) is 17.1 Å². The Morgan fingerprint density at radius 3 is 2.37 bits per heavy atom. The number of rotatable bonds is 13. The highest BCUT2D eigenvalue weighted by atomic mass is 16.4. The molecule has 1 heterocycles. The number of carbonyl (C=O) groups excluding carboxylic acids is 3. The van der Waals surface area contributed by atoms with Gasteiger partial charge in [0.25, 0.3) is 0 Å². The number of nitrogens with two attached hydrogens (primary N) is 1. The lowest BCUT2D eigenvalue weighted by atomic mass is 9.97. The second-order valence-electron chi connectivity index (χ2n) is 9.35. The summed E-state index contributed by atoms with van der Waals surface area (Å²) in [5.41, 5.74) is 7.90. The molecule has 4 unspecified atom stereocenters. The Hall–Kier alpha value is -3.40. The molecule has 0 aliphatic rings. The molecule has 0 saturated heterocycles. The quantitative estimate of drug-likeness (QED) is 0.249. The van der Waals surface area contributed by atoms with E-state index in [0.29, 0.717) is 12.8 Å². The van der Waals surface area contributed by atoms with Crippen LogP contribution in [0.25, 0.3) is 10.9 Å². The maximum Gasteiger partial charge on any atom is 0.326 e. The van der Waals surface area contributed by atoms with E-state index >= 15 is 0 Å². The van der Waals surface area contributed by atoms with Crippen LogP contribution in [0.2, 0.25) is 0 Å². The molecule has 0 bridgehead atoms. The zero-order valence-electron chi connectivity index (χ0n) is 20.8. The molecule has 4 atom stereocenters. The SMILES string of the molecule is CCC(C)C(NC(=O)CNC(=O)C(N)Cc1c[nH]c2ccccc12)C(=O)NC(CC(C)C)C(=O)O. The van der Waals surface area contributed by atoms with Crippen LogP contribution in [-0.4, -0.2) is 58.5 Å². The number of amides is 3. The molecule has 0 fully saturated rings. The van der Waals surface area contributed by atoms with Crippen LogP contribution in [0.3, 0.4) is 0 Å². The number of fused-ring (bicyclic) bond motifs is 1. The molecule has 0 saturated carbocycles. The smallest absolute Gasteiger partial charge is 0.326 e. The van der Waals surface area contributed by atoms with Gasteiger partial charge in [-0.1, -0.05) is 52.3 Å². The molecule has 35 heavy (non-hydrogen) atoms. The molecular formula is C25H37N5O5. The van der Waals surface area contributed by atoms with E-state index in [1.165, 1.54) is 0 Å². The predicted molar refractivity (Wildman–Crippen MR) is 133 cm³/mol. The number of carboxylic acids is 1. The molecule has 0 aliphatic heterocycles. The Morgan fingerprint density at radius 2 is 1.74 bits per heavy atom. The van der Waals surface area contributed by atoms with Crippen LogP contribution in [-0.2, 0) is 25.6 Å². The van der Waals surface area contributed by atoms with Crippen molar-refractivity contribution in [3.8, 4) is 0 Å². The summed E-state index contributed by atoms with van der Waals surface area (Å²) in [5, 5.41) is 18.1. The summed E-state index contributed by atoms with van der Waals surface area (Å²) in [6.45, 7) is 7.03. The van der Waals surface area contributed by atoms with E-state index in [1.54, 1.807) is 6.92 Å². The largest absolute Gasteiger partial charge is 0.480 e. The molecule has 192 valence electrons. The first-order valence-corrected chi connectivity index (χ1v) is 11.9. The Labute approximate surface area is 205 Å². The fourth-order valence-electron chi connectivity index (χ4n) is 3.81. The Morgan fingerprint density at radius 1 is 1.06 bits per heavy atom. The lowest BCUT2D eigenvalue weighted by Gasteiger charge is -2.26. The van der Waals surface area contributed by atoms with Gasteiger partial charge in [-0.15, -0.1) is 0 Å². The van der Waals surface area contributed by atoms with Gasteiger partial charge in [-0.05, 0) is 36.3 Å². The van der Waals surface area contributed by atoms with Gasteiger partial charge in [0.15, 0.2) is 0 Å². The number of aromatic nitrogens is 1. The Kier molecular flexibility index (Phi) is 10.3. The van der Waals surface area contributed by atoms with E-state index in [9.17, 15) is 24.3 Å². The van der Waals surface area contributed by atoms with Crippen LogP contribution >= 0.6 is 0 Å². The van der Waals surface area contributed by atoms with Gasteiger partial charge >= 0.3 is 5.97 Å². The molecule has 0 spiro atoms. The molecule has 10 heteroatoms. The van der Waals surface area contributed by atoms with Crippen molar-refractivity contribution in [3.05, 3.63) is 36.0 Å². The number of hydrogen-bond donors (Lipinski definition) is 6. The molecule has 1 aromatic carbocycles. The van der Waals surface area contributed by atoms with Crippen molar-refractivity contribution in [2.24, 2.45) is 17.6 Å². The predicted octanol–water partition coefficient (Wildman–Crippen LogP) is 1.30. The summed E-state index contributed by atoms with van der Waals surface area (Å²) >= 11 is 0. The van der Waals surface area contributed by atoms with Gasteiger partial charge in [-0.2, -0.15) is 0 Å². The molecule has 1 aromatic heterocycles. The molecular weight excluding hydrogens is 450 g/mol. The Balaban J connectivity index is 1.93. The third-order valence-electron chi connectivity index (χ3n) is 6.01. The third kappa shape index (κ3) is 8.10. The van der Waals surface area contributed by atoms with Crippen molar-refractivity contribution >= 4 is 34.6 Å². The topological polar surface area (TPSA) is 166 Å². The lowest BCUT2D eigenvalue weighted by Crippen LogP contribution is -2.56. The summed E-state index contributed by atoms with van der Waals surface area (Å²) in [7, 11) is 0. The summed E-state index contributed by atoms with van der Waals surface area (Å²) < 4.78 is 0. The third-order valence-corrected chi connectivity index (χ3v) is 6.01. The van der Waals surface area contributed by atoms with Crippen LogP contribution < -0.4 is 21.7 Å². The first-order chi connectivity index (χ1) is 16.5. The highest BCUT2D eigenvalue weighted by Gasteiger charge is 2.30. The van der Waals surface area contributed by atoms with Crippen LogP contribution in [0.4, 0.5) is 0 Å². The van der Waals surface area contributed by atoms with E-state index < -0.39 is 41.8 Å². The Bertz CT molecular complexity index is 1030. The number of nitrogens with one attached hydrogen (secondary N) is 4. The van der Waals surface area contributed by atoms with Crippen molar-refractivity contribution in [1.29, 1.82) is 0 Å². The van der Waals surface area contributed by atoms with E-state index in [-0.39, 0.29) is 24.8 Å². The average molecular weight is 488 g/mol. The van der Waals surface area contributed by atoms with Crippen molar-refractivity contribution in [1.82, 2.24) is 20.9 Å². The fourth-order valence-corrected chi connectivity index (χ4v) is 3.81. The molecule has 2 rings (SSSR count). The van der Waals surface area contributed by atoms with Gasteiger partial charge in [-0.3, -0.25) is 14.4 Å². The average Bonchev–Trinajstić information content (AvgIpc) is 3.22.